The number of ketones is 2. The van der Waals surface area contributed by atoms with Crippen molar-refractivity contribution in [3.8, 4) is 5.75 Å². The number of nitrogens with one attached hydrogen (secondary N) is 2. The van der Waals surface area contributed by atoms with Gasteiger partial charge in [0.2, 0.25) is 0 Å². The molecule has 3 unspecified atom stereocenters. The second kappa shape index (κ2) is 11.0. The second-order valence-electron chi connectivity index (χ2n) is 10.0. The number of anilines is 2. The molecule has 0 saturated carbocycles. The SMILES string of the molecule is [NH]CCC1OC(O)CN1c1ccc(C2OCCN2CCNc2cc[c]c3c2C(=O)c2c(O)cccc2C3=O)cc1. The lowest BCUT2D eigenvalue weighted by atomic mass is 9.82. The molecule has 2 radical (unpaired) electrons. The van der Waals surface area contributed by atoms with Crippen molar-refractivity contribution in [1.29, 1.82) is 0 Å². The third-order valence-corrected chi connectivity index (χ3v) is 7.58. The van der Waals surface area contributed by atoms with Crippen LogP contribution in [0.25, 0.3) is 0 Å². The van der Waals surface area contributed by atoms with Gasteiger partial charge in [-0.3, -0.25) is 20.2 Å². The minimum atomic E-state index is -0.862. The molecule has 0 aromatic heterocycles. The molecule has 10 heteroatoms. The third-order valence-electron chi connectivity index (χ3n) is 7.58. The molecule has 3 aliphatic rings. The summed E-state index contributed by atoms with van der Waals surface area (Å²) in [5, 5.41) is 23.5. The van der Waals surface area contributed by atoms with Gasteiger partial charge in [-0.1, -0.05) is 30.3 Å². The van der Waals surface area contributed by atoms with Gasteiger partial charge in [0.25, 0.3) is 0 Å². The molecule has 3 atom stereocenters. The number of β-amino-alcohol motifs (C(OH)–C–C–N with tert-alkyl or cyclic N) is 1. The number of hydrogen-bond donors (Lipinski definition) is 3. The fraction of sp³-hybridized carbons (Fsp3) is 0.333. The van der Waals surface area contributed by atoms with Crippen LogP contribution in [0.5, 0.6) is 5.75 Å². The highest BCUT2D eigenvalue weighted by Gasteiger charge is 2.35. The van der Waals surface area contributed by atoms with Gasteiger partial charge < -0.3 is 29.9 Å². The Morgan fingerprint density at radius 3 is 2.70 bits per heavy atom. The van der Waals surface area contributed by atoms with Crippen LogP contribution >= 0.6 is 0 Å². The van der Waals surface area contributed by atoms with Crippen LogP contribution in [0.3, 0.4) is 0 Å². The van der Waals surface area contributed by atoms with Crippen LogP contribution in [0.4, 0.5) is 11.4 Å². The second-order valence-corrected chi connectivity index (χ2v) is 10.0. The number of carbonyl (C=O) groups is 2. The van der Waals surface area contributed by atoms with E-state index >= 15 is 0 Å². The van der Waals surface area contributed by atoms with Crippen molar-refractivity contribution in [2.24, 2.45) is 0 Å². The minimum absolute atomic E-state index is 0.0279. The summed E-state index contributed by atoms with van der Waals surface area (Å²) in [7, 11) is 0. The molecule has 2 aliphatic heterocycles. The molecular weight excluding hydrogens is 512 g/mol. The van der Waals surface area contributed by atoms with E-state index in [4.69, 9.17) is 15.2 Å². The van der Waals surface area contributed by atoms with Gasteiger partial charge in [0.15, 0.2) is 17.9 Å². The average Bonchev–Trinajstić information content (AvgIpc) is 3.58. The zero-order valence-electron chi connectivity index (χ0n) is 21.8. The van der Waals surface area contributed by atoms with Crippen LogP contribution in [-0.4, -0.2) is 78.5 Å². The molecule has 1 aliphatic carbocycles. The van der Waals surface area contributed by atoms with Gasteiger partial charge in [-0.25, -0.2) is 0 Å². The molecule has 2 fully saturated rings. The van der Waals surface area contributed by atoms with E-state index in [-0.39, 0.29) is 52.8 Å². The number of rotatable bonds is 8. The van der Waals surface area contributed by atoms with Gasteiger partial charge >= 0.3 is 0 Å². The summed E-state index contributed by atoms with van der Waals surface area (Å²) in [6, 6.07) is 18.7. The lowest BCUT2D eigenvalue weighted by molar-refractivity contribution is -0.0854. The standard InChI is InChI=1S/C30H30N4O6/c31-12-11-24-34(17-25(36)40-24)19-9-7-18(8-10-19)30-33(15-16-39-30)14-13-32-22-5-1-3-20-26(22)29(38)27-21(28(20)37)4-2-6-23(27)35/h1-2,4-10,24-25,30-32,35-36H,11-17H2. The van der Waals surface area contributed by atoms with Crippen LogP contribution in [-0.2, 0) is 9.47 Å². The predicted molar refractivity (Wildman–Crippen MR) is 146 cm³/mol. The van der Waals surface area contributed by atoms with E-state index in [2.05, 4.69) is 16.3 Å². The zero-order chi connectivity index (χ0) is 27.8. The molecule has 40 heavy (non-hydrogen) atoms. The number of nitrogens with zero attached hydrogens (tertiary/aromatic N) is 2. The van der Waals surface area contributed by atoms with Gasteiger partial charge in [0.05, 0.1) is 24.3 Å². The number of ether oxygens (including phenoxy) is 2. The van der Waals surface area contributed by atoms with E-state index < -0.39 is 12.1 Å². The first-order chi connectivity index (χ1) is 19.5. The molecule has 3 aromatic rings. The van der Waals surface area contributed by atoms with Crippen molar-refractivity contribution in [3.05, 3.63) is 88.5 Å². The molecular formula is C30H30N4O6. The Morgan fingerprint density at radius 2 is 1.90 bits per heavy atom. The third kappa shape index (κ3) is 4.74. The lowest BCUT2D eigenvalue weighted by Crippen LogP contribution is -2.31. The maximum atomic E-state index is 13.3. The highest BCUT2D eigenvalue weighted by Crippen LogP contribution is 2.36. The van der Waals surface area contributed by atoms with E-state index in [1.807, 2.05) is 29.2 Å². The number of hydrogen-bond acceptors (Lipinski definition) is 9. The molecule has 3 aromatic carbocycles. The first kappa shape index (κ1) is 26.4. The summed E-state index contributed by atoms with van der Waals surface area (Å²) in [5.74, 6) is -0.938. The highest BCUT2D eigenvalue weighted by molar-refractivity contribution is 6.30. The van der Waals surface area contributed by atoms with E-state index in [0.29, 0.717) is 38.3 Å². The monoisotopic (exact) mass is 542 g/mol. The van der Waals surface area contributed by atoms with Gasteiger partial charge in [-0.2, -0.15) is 0 Å². The summed E-state index contributed by atoms with van der Waals surface area (Å²) in [5.41, 5.74) is 10.6. The Hall–Kier alpha value is -3.80. The smallest absolute Gasteiger partial charge is 0.200 e. The first-order valence-electron chi connectivity index (χ1n) is 13.4. The number of aliphatic hydroxyl groups excluding tert-OH is 1. The topological polar surface area (TPSA) is 135 Å². The maximum absolute atomic E-state index is 13.3. The van der Waals surface area contributed by atoms with Crippen molar-refractivity contribution in [2.45, 2.75) is 25.2 Å². The molecule has 0 amide bonds. The normalized spacial score (nSPS) is 22.4. The van der Waals surface area contributed by atoms with Crippen molar-refractivity contribution < 1.29 is 29.3 Å². The number of aromatic hydroxyl groups is 1. The lowest BCUT2D eigenvalue weighted by Gasteiger charge is -2.26. The molecule has 206 valence electrons. The van der Waals surface area contributed by atoms with Gasteiger partial charge in [0, 0.05) is 55.1 Å². The molecule has 6 rings (SSSR count). The zero-order valence-corrected chi connectivity index (χ0v) is 21.8. The van der Waals surface area contributed by atoms with Crippen LogP contribution < -0.4 is 16.0 Å². The van der Waals surface area contributed by atoms with Gasteiger partial charge in [0.1, 0.15) is 18.2 Å². The minimum Gasteiger partial charge on any atom is -0.507 e. The maximum Gasteiger partial charge on any atom is 0.200 e. The summed E-state index contributed by atoms with van der Waals surface area (Å²) in [6.07, 6.45) is -0.893. The molecule has 0 spiro atoms. The fourth-order valence-corrected chi connectivity index (χ4v) is 5.70. The van der Waals surface area contributed by atoms with Crippen molar-refractivity contribution >= 4 is 22.9 Å². The van der Waals surface area contributed by atoms with Crippen molar-refractivity contribution in [3.63, 3.8) is 0 Å². The Kier molecular flexibility index (Phi) is 7.26. The Morgan fingerprint density at radius 1 is 1.07 bits per heavy atom. The predicted octanol–water partition coefficient (Wildman–Crippen LogP) is 2.56. The molecule has 0 bridgehead atoms. The number of carbonyl (C=O) groups excluding carboxylic acids is 2. The quantitative estimate of drug-likeness (QED) is 0.307. The molecule has 10 nitrogen and oxygen atoms in total. The summed E-state index contributed by atoms with van der Waals surface area (Å²) < 4.78 is 11.6. The van der Waals surface area contributed by atoms with E-state index in [1.54, 1.807) is 24.3 Å². The van der Waals surface area contributed by atoms with Crippen LogP contribution in [0.2, 0.25) is 0 Å². The number of phenols is 1. The van der Waals surface area contributed by atoms with E-state index in [0.717, 1.165) is 17.8 Å². The molecule has 2 heterocycles. The van der Waals surface area contributed by atoms with Gasteiger partial charge in [-0.05, 0) is 35.9 Å². The fourth-order valence-electron chi connectivity index (χ4n) is 5.70. The van der Waals surface area contributed by atoms with Crippen LogP contribution in [0.1, 0.15) is 50.1 Å². The van der Waals surface area contributed by atoms with Crippen LogP contribution in [0, 0.1) is 6.07 Å². The Labute approximate surface area is 231 Å². The van der Waals surface area contributed by atoms with E-state index in [9.17, 15) is 19.8 Å². The van der Waals surface area contributed by atoms with Crippen molar-refractivity contribution in [1.82, 2.24) is 10.6 Å². The number of phenolic OH excluding ortho intramolecular Hbond substituents is 1. The number of aliphatic hydroxyl groups is 1. The van der Waals surface area contributed by atoms with E-state index in [1.165, 1.54) is 6.07 Å². The van der Waals surface area contributed by atoms with Crippen LogP contribution in [0.15, 0.2) is 54.6 Å². The highest BCUT2D eigenvalue weighted by atomic mass is 16.6. The Bertz CT molecular complexity index is 1430. The van der Waals surface area contributed by atoms with Crippen molar-refractivity contribution in [2.75, 3.05) is 49.5 Å². The number of benzene rings is 3. The largest absolute Gasteiger partial charge is 0.507 e. The average molecular weight is 543 g/mol. The summed E-state index contributed by atoms with van der Waals surface area (Å²) in [6.45, 7) is 3.04. The molecule has 2 saturated heterocycles. The van der Waals surface area contributed by atoms with Gasteiger partial charge in [-0.15, -0.1) is 0 Å². The molecule has 4 N–H and O–H groups in total. The Balaban J connectivity index is 1.13. The first-order valence-corrected chi connectivity index (χ1v) is 13.4. The summed E-state index contributed by atoms with van der Waals surface area (Å²) >= 11 is 0. The summed E-state index contributed by atoms with van der Waals surface area (Å²) in [4.78, 5) is 30.5. The number of fused-ring (bicyclic) bond motifs is 2.